The Labute approximate surface area is 161 Å². The number of nitrogens with one attached hydrogen (secondary N) is 1. The van der Waals surface area contributed by atoms with Crippen molar-refractivity contribution in [1.82, 2.24) is 10.2 Å². The summed E-state index contributed by atoms with van der Waals surface area (Å²) in [7, 11) is 0. The highest BCUT2D eigenvalue weighted by atomic mass is 16.3. The fraction of sp³-hybridized carbons (Fsp3) is 0.727. The zero-order chi connectivity index (χ0) is 19.3. The Morgan fingerprint density at radius 2 is 2.15 bits per heavy atom. The second-order valence-corrected chi connectivity index (χ2v) is 10.3. The lowest BCUT2D eigenvalue weighted by molar-refractivity contribution is -0.133. The Bertz CT molecular complexity index is 726. The molecule has 3 heterocycles. The van der Waals surface area contributed by atoms with Crippen LogP contribution in [0.15, 0.2) is 22.8 Å². The highest BCUT2D eigenvalue weighted by Gasteiger charge is 2.51. The molecule has 0 aromatic carbocycles. The largest absolute Gasteiger partial charge is 0.469 e. The van der Waals surface area contributed by atoms with Gasteiger partial charge in [-0.05, 0) is 55.1 Å². The molecule has 2 saturated heterocycles. The number of carbonyl (C=O) groups is 2. The maximum atomic E-state index is 13.1. The number of amides is 2. The fourth-order valence-corrected chi connectivity index (χ4v) is 6.17. The summed E-state index contributed by atoms with van der Waals surface area (Å²) in [5.74, 6) is 1.21. The summed E-state index contributed by atoms with van der Waals surface area (Å²) in [5, 5.41) is 3.15. The molecular weight excluding hydrogens is 340 g/mol. The van der Waals surface area contributed by atoms with Crippen LogP contribution in [0.3, 0.4) is 0 Å². The molecule has 1 aliphatic carbocycles. The van der Waals surface area contributed by atoms with Crippen molar-refractivity contribution in [2.75, 3.05) is 6.54 Å². The molecule has 1 saturated carbocycles. The van der Waals surface area contributed by atoms with E-state index in [1.165, 1.54) is 6.42 Å². The van der Waals surface area contributed by atoms with Gasteiger partial charge >= 0.3 is 0 Å². The summed E-state index contributed by atoms with van der Waals surface area (Å²) in [6.45, 7) is 7.89. The van der Waals surface area contributed by atoms with E-state index in [4.69, 9.17) is 4.42 Å². The number of fused-ring (bicyclic) bond motifs is 2. The molecular formula is C22H32N2O3. The van der Waals surface area contributed by atoms with Gasteiger partial charge in [0, 0.05) is 37.4 Å². The normalized spacial score (nSPS) is 34.7. The van der Waals surface area contributed by atoms with E-state index < -0.39 is 0 Å². The molecule has 2 bridgehead atoms. The highest BCUT2D eigenvalue weighted by Crippen LogP contribution is 2.52. The van der Waals surface area contributed by atoms with Crippen molar-refractivity contribution >= 4 is 11.8 Å². The Kier molecular flexibility index (Phi) is 4.39. The molecule has 27 heavy (non-hydrogen) atoms. The molecule has 0 spiro atoms. The predicted molar refractivity (Wildman–Crippen MR) is 103 cm³/mol. The van der Waals surface area contributed by atoms with Gasteiger partial charge in [0.2, 0.25) is 11.8 Å². The number of furan rings is 1. The van der Waals surface area contributed by atoms with Crippen LogP contribution in [0.1, 0.15) is 71.5 Å². The third-order valence-corrected chi connectivity index (χ3v) is 6.88. The van der Waals surface area contributed by atoms with Crippen molar-refractivity contribution in [2.24, 2.45) is 10.8 Å². The standard InChI is InChI=1S/C22H32N2O3/c1-20(2)11-16-12-21(3,14-20)15-24(16)19(26)7-9-22(8-6-18(25)23-22)13-17-5-4-10-27-17/h4-5,10,16H,6-9,11-15H2,1-3H3,(H,23,25). The average molecular weight is 373 g/mol. The maximum Gasteiger partial charge on any atom is 0.222 e. The van der Waals surface area contributed by atoms with Gasteiger partial charge in [-0.15, -0.1) is 0 Å². The van der Waals surface area contributed by atoms with Crippen LogP contribution in [-0.2, 0) is 16.0 Å². The van der Waals surface area contributed by atoms with E-state index in [1.54, 1.807) is 6.26 Å². The maximum absolute atomic E-state index is 13.1. The lowest BCUT2D eigenvalue weighted by atomic mass is 9.65. The first-order valence-electron chi connectivity index (χ1n) is 10.3. The molecule has 1 aromatic heterocycles. The summed E-state index contributed by atoms with van der Waals surface area (Å²) in [6, 6.07) is 4.20. The number of nitrogens with zero attached hydrogens (tertiary/aromatic N) is 1. The topological polar surface area (TPSA) is 62.6 Å². The number of hydrogen-bond donors (Lipinski definition) is 1. The molecule has 4 rings (SSSR count). The van der Waals surface area contributed by atoms with Crippen LogP contribution in [0.4, 0.5) is 0 Å². The van der Waals surface area contributed by atoms with E-state index in [2.05, 4.69) is 31.0 Å². The minimum Gasteiger partial charge on any atom is -0.469 e. The quantitative estimate of drug-likeness (QED) is 0.858. The van der Waals surface area contributed by atoms with Gasteiger partial charge in [-0.2, -0.15) is 0 Å². The van der Waals surface area contributed by atoms with Crippen molar-refractivity contribution in [3.63, 3.8) is 0 Å². The Hall–Kier alpha value is -1.78. The fourth-order valence-electron chi connectivity index (χ4n) is 6.17. The molecule has 5 nitrogen and oxygen atoms in total. The van der Waals surface area contributed by atoms with Crippen LogP contribution >= 0.6 is 0 Å². The smallest absolute Gasteiger partial charge is 0.222 e. The first-order valence-corrected chi connectivity index (χ1v) is 10.3. The van der Waals surface area contributed by atoms with E-state index in [-0.39, 0.29) is 22.8 Å². The van der Waals surface area contributed by atoms with Gasteiger partial charge in [0.05, 0.1) is 6.26 Å². The van der Waals surface area contributed by atoms with Crippen LogP contribution < -0.4 is 5.32 Å². The zero-order valence-electron chi connectivity index (χ0n) is 16.8. The first-order chi connectivity index (χ1) is 12.7. The van der Waals surface area contributed by atoms with E-state index in [9.17, 15) is 9.59 Å². The summed E-state index contributed by atoms with van der Waals surface area (Å²) >= 11 is 0. The van der Waals surface area contributed by atoms with Crippen LogP contribution in [-0.4, -0.2) is 34.8 Å². The highest BCUT2D eigenvalue weighted by molar-refractivity contribution is 5.80. The van der Waals surface area contributed by atoms with Gasteiger partial charge in [0.15, 0.2) is 0 Å². The van der Waals surface area contributed by atoms with Gasteiger partial charge in [-0.3, -0.25) is 9.59 Å². The van der Waals surface area contributed by atoms with Gasteiger partial charge in [0.1, 0.15) is 5.76 Å². The van der Waals surface area contributed by atoms with Crippen LogP contribution in [0, 0.1) is 10.8 Å². The van der Waals surface area contributed by atoms with Crippen LogP contribution in [0.25, 0.3) is 0 Å². The van der Waals surface area contributed by atoms with E-state index in [0.717, 1.165) is 31.6 Å². The van der Waals surface area contributed by atoms with Crippen molar-refractivity contribution < 1.29 is 14.0 Å². The number of rotatable bonds is 5. The number of carbonyl (C=O) groups excluding carboxylic acids is 2. The van der Waals surface area contributed by atoms with Crippen molar-refractivity contribution in [3.05, 3.63) is 24.2 Å². The third kappa shape index (κ3) is 3.78. The van der Waals surface area contributed by atoms with E-state index in [1.807, 2.05) is 12.1 Å². The minimum absolute atomic E-state index is 0.0836. The van der Waals surface area contributed by atoms with Crippen LogP contribution in [0.2, 0.25) is 0 Å². The van der Waals surface area contributed by atoms with Gasteiger partial charge in [-0.25, -0.2) is 0 Å². The van der Waals surface area contributed by atoms with Crippen molar-refractivity contribution in [2.45, 2.75) is 83.7 Å². The number of hydrogen-bond acceptors (Lipinski definition) is 3. The van der Waals surface area contributed by atoms with Crippen molar-refractivity contribution in [3.8, 4) is 0 Å². The van der Waals surface area contributed by atoms with Gasteiger partial charge in [-0.1, -0.05) is 20.8 Å². The molecule has 3 atom stereocenters. The Morgan fingerprint density at radius 1 is 1.33 bits per heavy atom. The van der Waals surface area contributed by atoms with Gasteiger partial charge < -0.3 is 14.6 Å². The molecule has 1 aromatic rings. The SMILES string of the molecule is CC1(C)CC2CC(C)(CN2C(=O)CCC2(Cc3ccco3)CCC(=O)N2)C1. The lowest BCUT2D eigenvalue weighted by Crippen LogP contribution is -2.45. The molecule has 3 unspecified atom stereocenters. The first kappa shape index (κ1) is 18.6. The monoisotopic (exact) mass is 372 g/mol. The van der Waals surface area contributed by atoms with Gasteiger partial charge in [0.25, 0.3) is 0 Å². The summed E-state index contributed by atoms with van der Waals surface area (Å²) in [6.07, 6.45) is 8.24. The molecule has 3 aliphatic rings. The van der Waals surface area contributed by atoms with Crippen molar-refractivity contribution in [1.29, 1.82) is 0 Å². The Balaban J connectivity index is 1.42. The number of likely N-dealkylation sites (tertiary alicyclic amines) is 1. The molecule has 1 N–H and O–H groups in total. The predicted octanol–water partition coefficient (Wildman–Crippen LogP) is 3.68. The Morgan fingerprint density at radius 3 is 2.81 bits per heavy atom. The molecule has 0 radical (unpaired) electrons. The summed E-state index contributed by atoms with van der Waals surface area (Å²) in [5.41, 5.74) is 0.227. The molecule has 3 fully saturated rings. The second kappa shape index (κ2) is 6.39. The third-order valence-electron chi connectivity index (χ3n) is 6.88. The molecule has 5 heteroatoms. The minimum atomic E-state index is -0.345. The van der Waals surface area contributed by atoms with Crippen LogP contribution in [0.5, 0.6) is 0 Å². The second-order valence-electron chi connectivity index (χ2n) is 10.3. The lowest BCUT2D eigenvalue weighted by Gasteiger charge is -2.39. The molecule has 2 amide bonds. The summed E-state index contributed by atoms with van der Waals surface area (Å²) < 4.78 is 5.51. The zero-order valence-corrected chi connectivity index (χ0v) is 16.8. The summed E-state index contributed by atoms with van der Waals surface area (Å²) in [4.78, 5) is 27.2. The van der Waals surface area contributed by atoms with E-state index >= 15 is 0 Å². The average Bonchev–Trinajstić information content (AvgIpc) is 3.24. The van der Waals surface area contributed by atoms with E-state index in [0.29, 0.717) is 37.1 Å². The molecule has 2 aliphatic heterocycles. The molecule has 148 valence electrons.